The summed E-state index contributed by atoms with van der Waals surface area (Å²) in [5.41, 5.74) is 7.84. The Morgan fingerprint density at radius 2 is 2.05 bits per heavy atom. The summed E-state index contributed by atoms with van der Waals surface area (Å²) in [7, 11) is 0. The van der Waals surface area contributed by atoms with E-state index in [4.69, 9.17) is 5.73 Å². The molecule has 0 saturated heterocycles. The molecule has 1 aliphatic rings. The lowest BCUT2D eigenvalue weighted by Gasteiger charge is -2.27. The van der Waals surface area contributed by atoms with Crippen LogP contribution in [0.4, 0.5) is 11.5 Å². The number of nitrogens with one attached hydrogen (secondary N) is 2. The molecule has 2 aromatic heterocycles. The Morgan fingerprint density at radius 1 is 1.29 bits per heavy atom. The molecule has 4 N–H and O–H groups in total. The van der Waals surface area contributed by atoms with Gasteiger partial charge in [0.05, 0.1) is 5.69 Å². The molecule has 1 saturated carbocycles. The quantitative estimate of drug-likeness (QED) is 0.804. The fourth-order valence-electron chi connectivity index (χ4n) is 2.88. The number of anilines is 2. The van der Waals surface area contributed by atoms with Crippen molar-refractivity contribution in [3.8, 4) is 0 Å². The first-order valence-corrected chi connectivity index (χ1v) is 7.75. The molecule has 3 rings (SSSR count). The number of nitrogens with zero attached hydrogens (tertiary/aromatic N) is 3. The maximum Gasteiger partial charge on any atom is 0.177 e. The van der Waals surface area contributed by atoms with Crippen molar-refractivity contribution in [2.75, 3.05) is 10.6 Å². The number of imidazole rings is 1. The Morgan fingerprint density at radius 3 is 2.76 bits per heavy atom. The Kier molecular flexibility index (Phi) is 3.96. The molecule has 2 heterocycles. The molecule has 21 heavy (non-hydrogen) atoms. The number of fused-ring (bicyclic) bond motifs is 1. The van der Waals surface area contributed by atoms with E-state index in [2.05, 4.69) is 40.6 Å². The second-order valence-corrected chi connectivity index (χ2v) is 6.19. The van der Waals surface area contributed by atoms with Crippen molar-refractivity contribution in [2.45, 2.75) is 57.7 Å². The van der Waals surface area contributed by atoms with Crippen LogP contribution < -0.4 is 16.4 Å². The van der Waals surface area contributed by atoms with Crippen LogP contribution in [0.15, 0.2) is 18.5 Å². The molecule has 0 spiro atoms. The van der Waals surface area contributed by atoms with Crippen LogP contribution in [-0.4, -0.2) is 32.7 Å². The normalized spacial score (nSPS) is 22.7. The molecule has 2 aromatic rings. The maximum atomic E-state index is 5.96. The molecule has 0 unspecified atom stereocenters. The van der Waals surface area contributed by atoms with Gasteiger partial charge in [-0.25, -0.2) is 9.50 Å². The van der Waals surface area contributed by atoms with Crippen LogP contribution >= 0.6 is 0 Å². The first-order chi connectivity index (χ1) is 10.1. The third-order valence-electron chi connectivity index (χ3n) is 3.93. The van der Waals surface area contributed by atoms with Gasteiger partial charge in [-0.15, -0.1) is 5.10 Å². The third kappa shape index (κ3) is 3.26. The molecule has 114 valence electrons. The molecule has 0 aliphatic heterocycles. The lowest BCUT2D eigenvalue weighted by atomic mass is 9.92. The van der Waals surface area contributed by atoms with Crippen LogP contribution in [0.5, 0.6) is 0 Å². The van der Waals surface area contributed by atoms with Crippen LogP contribution in [0, 0.1) is 0 Å². The topological polar surface area (TPSA) is 80.3 Å². The zero-order valence-corrected chi connectivity index (χ0v) is 12.7. The van der Waals surface area contributed by atoms with E-state index in [1.165, 1.54) is 0 Å². The highest BCUT2D eigenvalue weighted by molar-refractivity contribution is 5.70. The minimum absolute atomic E-state index is 0.355. The van der Waals surface area contributed by atoms with Crippen molar-refractivity contribution in [3.05, 3.63) is 18.5 Å². The second kappa shape index (κ2) is 5.89. The predicted octanol–water partition coefficient (Wildman–Crippen LogP) is 2.23. The summed E-state index contributed by atoms with van der Waals surface area (Å²) in [5, 5.41) is 11.6. The molecule has 1 fully saturated rings. The summed E-state index contributed by atoms with van der Waals surface area (Å²) >= 11 is 0. The van der Waals surface area contributed by atoms with Gasteiger partial charge in [0.1, 0.15) is 5.82 Å². The van der Waals surface area contributed by atoms with E-state index >= 15 is 0 Å². The zero-order valence-electron chi connectivity index (χ0n) is 12.7. The van der Waals surface area contributed by atoms with E-state index < -0.39 is 0 Å². The molecule has 0 atom stereocenters. The lowest BCUT2D eigenvalue weighted by molar-refractivity contribution is 0.410. The third-order valence-corrected chi connectivity index (χ3v) is 3.93. The smallest absolute Gasteiger partial charge is 0.177 e. The van der Waals surface area contributed by atoms with Gasteiger partial charge in [0, 0.05) is 36.6 Å². The van der Waals surface area contributed by atoms with E-state index in [0.29, 0.717) is 18.1 Å². The van der Waals surface area contributed by atoms with Crippen molar-refractivity contribution in [2.24, 2.45) is 5.73 Å². The summed E-state index contributed by atoms with van der Waals surface area (Å²) in [4.78, 5) is 4.36. The second-order valence-electron chi connectivity index (χ2n) is 6.19. The molecule has 0 amide bonds. The lowest BCUT2D eigenvalue weighted by Crippen LogP contribution is -2.33. The van der Waals surface area contributed by atoms with Gasteiger partial charge in [0.15, 0.2) is 5.65 Å². The molecule has 6 nitrogen and oxygen atoms in total. The highest BCUT2D eigenvalue weighted by atomic mass is 15.3. The van der Waals surface area contributed by atoms with E-state index in [9.17, 15) is 0 Å². The van der Waals surface area contributed by atoms with Crippen LogP contribution in [0.3, 0.4) is 0 Å². The molecule has 0 bridgehead atoms. The summed E-state index contributed by atoms with van der Waals surface area (Å²) in [6.45, 7) is 4.24. The van der Waals surface area contributed by atoms with Crippen molar-refractivity contribution >= 4 is 17.2 Å². The van der Waals surface area contributed by atoms with E-state index in [1.54, 1.807) is 6.20 Å². The Hall–Kier alpha value is -1.82. The fraction of sp³-hybridized carbons (Fsp3) is 0.600. The minimum Gasteiger partial charge on any atom is -0.380 e. The molecular formula is C15H24N6. The maximum absolute atomic E-state index is 5.96. The molecule has 6 heteroatoms. The first kappa shape index (κ1) is 14.1. The van der Waals surface area contributed by atoms with Crippen LogP contribution in [0.2, 0.25) is 0 Å². The van der Waals surface area contributed by atoms with Crippen LogP contribution in [0.1, 0.15) is 39.5 Å². The number of aromatic nitrogens is 3. The van der Waals surface area contributed by atoms with Gasteiger partial charge in [-0.3, -0.25) is 0 Å². The number of hydrogen-bond donors (Lipinski definition) is 3. The van der Waals surface area contributed by atoms with Gasteiger partial charge in [-0.1, -0.05) is 0 Å². The van der Waals surface area contributed by atoms with Gasteiger partial charge in [-0.2, -0.15) is 0 Å². The number of rotatable bonds is 4. The van der Waals surface area contributed by atoms with Crippen molar-refractivity contribution in [3.63, 3.8) is 0 Å². The standard InChI is InChI=1S/C15H24N6/c1-10(2)18-13-9-14(20-21-8-7-17-15(13)21)19-12-5-3-11(16)4-6-12/h7-12,18H,3-6,16H2,1-2H3,(H,19,20)/t11-,12-. The van der Waals surface area contributed by atoms with E-state index in [1.807, 2.05) is 10.7 Å². The number of hydrogen-bond acceptors (Lipinski definition) is 5. The Labute approximate surface area is 125 Å². The molecule has 1 aliphatic carbocycles. The largest absolute Gasteiger partial charge is 0.380 e. The van der Waals surface area contributed by atoms with Gasteiger partial charge in [0.25, 0.3) is 0 Å². The fourth-order valence-corrected chi connectivity index (χ4v) is 2.88. The van der Waals surface area contributed by atoms with Gasteiger partial charge >= 0.3 is 0 Å². The Bertz CT molecular complexity index is 597. The van der Waals surface area contributed by atoms with E-state index in [0.717, 1.165) is 42.8 Å². The summed E-state index contributed by atoms with van der Waals surface area (Å²) in [5.74, 6) is 0.893. The SMILES string of the molecule is CC(C)Nc1cc(N[C@H]2CC[C@H](N)CC2)nn2ccnc12. The van der Waals surface area contributed by atoms with Crippen LogP contribution in [-0.2, 0) is 0 Å². The monoisotopic (exact) mass is 288 g/mol. The highest BCUT2D eigenvalue weighted by Gasteiger charge is 2.19. The number of nitrogens with two attached hydrogens (primary N) is 1. The molecule has 0 aromatic carbocycles. The summed E-state index contributed by atoms with van der Waals surface area (Å²) in [6, 6.07) is 3.24. The molecule has 0 radical (unpaired) electrons. The summed E-state index contributed by atoms with van der Waals surface area (Å²) < 4.78 is 1.82. The Balaban J connectivity index is 1.81. The summed E-state index contributed by atoms with van der Waals surface area (Å²) in [6.07, 6.45) is 8.04. The zero-order chi connectivity index (χ0) is 14.8. The van der Waals surface area contributed by atoms with Gasteiger partial charge in [0.2, 0.25) is 0 Å². The highest BCUT2D eigenvalue weighted by Crippen LogP contribution is 2.23. The van der Waals surface area contributed by atoms with Crippen LogP contribution in [0.25, 0.3) is 5.65 Å². The van der Waals surface area contributed by atoms with Crippen molar-refractivity contribution < 1.29 is 0 Å². The molecular weight excluding hydrogens is 264 g/mol. The minimum atomic E-state index is 0.355. The van der Waals surface area contributed by atoms with E-state index in [-0.39, 0.29) is 0 Å². The predicted molar refractivity (Wildman–Crippen MR) is 85.6 cm³/mol. The van der Waals surface area contributed by atoms with Gasteiger partial charge in [-0.05, 0) is 39.5 Å². The van der Waals surface area contributed by atoms with Crippen molar-refractivity contribution in [1.29, 1.82) is 0 Å². The average Bonchev–Trinajstić information content (AvgIpc) is 2.89. The van der Waals surface area contributed by atoms with Gasteiger partial charge < -0.3 is 16.4 Å². The average molecular weight is 288 g/mol. The van der Waals surface area contributed by atoms with Crippen molar-refractivity contribution in [1.82, 2.24) is 14.6 Å². The first-order valence-electron chi connectivity index (χ1n) is 7.75.